The molecule has 1 atom stereocenters. The molecule has 0 aromatic heterocycles. The number of aliphatic hydroxyl groups is 1. The number of carbonyl (C=O) groups excluding carboxylic acids is 2. The molecule has 1 unspecified atom stereocenters. The number of amides is 2. The third kappa shape index (κ3) is 3.97. The number of hydrogen-bond acceptors (Lipinski definition) is 5. The fourth-order valence-electron chi connectivity index (χ4n) is 2.81. The number of piperazine rings is 1. The molecule has 24 heavy (non-hydrogen) atoms. The number of anilines is 1. The van der Waals surface area contributed by atoms with Crippen LogP contribution in [0.4, 0.5) is 5.69 Å². The first-order valence-corrected chi connectivity index (χ1v) is 8.01. The SMILES string of the molecule is COc1ccc(NC(C)(C)C(=O)N2CCNC(=O)C2CCO)cc1. The summed E-state index contributed by atoms with van der Waals surface area (Å²) in [5.74, 6) is 0.343. The summed E-state index contributed by atoms with van der Waals surface area (Å²) < 4.78 is 5.12. The number of carbonyl (C=O) groups is 2. The lowest BCUT2D eigenvalue weighted by atomic mass is 9.99. The second-order valence-corrected chi connectivity index (χ2v) is 6.30. The van der Waals surface area contributed by atoms with Gasteiger partial charge < -0.3 is 25.4 Å². The van der Waals surface area contributed by atoms with Crippen LogP contribution in [0.25, 0.3) is 0 Å². The number of methoxy groups -OCH3 is 1. The minimum atomic E-state index is -0.889. The van der Waals surface area contributed by atoms with E-state index in [1.54, 1.807) is 25.9 Å². The molecule has 0 bridgehead atoms. The quantitative estimate of drug-likeness (QED) is 0.708. The Kier molecular flexibility index (Phi) is 5.66. The summed E-state index contributed by atoms with van der Waals surface area (Å²) >= 11 is 0. The third-order valence-electron chi connectivity index (χ3n) is 4.08. The zero-order chi connectivity index (χ0) is 17.7. The molecule has 2 amide bonds. The number of nitrogens with one attached hydrogen (secondary N) is 2. The summed E-state index contributed by atoms with van der Waals surface area (Å²) in [4.78, 5) is 26.5. The van der Waals surface area contributed by atoms with Gasteiger partial charge >= 0.3 is 0 Å². The van der Waals surface area contributed by atoms with E-state index in [1.807, 2.05) is 24.3 Å². The lowest BCUT2D eigenvalue weighted by molar-refractivity contribution is -0.146. The van der Waals surface area contributed by atoms with Crippen molar-refractivity contribution >= 4 is 17.5 Å². The molecule has 1 fully saturated rings. The van der Waals surface area contributed by atoms with E-state index in [0.717, 1.165) is 11.4 Å². The van der Waals surface area contributed by atoms with Gasteiger partial charge in [0.25, 0.3) is 0 Å². The lowest BCUT2D eigenvalue weighted by Gasteiger charge is -2.40. The number of hydrogen-bond donors (Lipinski definition) is 3. The van der Waals surface area contributed by atoms with E-state index in [1.165, 1.54) is 0 Å². The molecule has 1 aromatic carbocycles. The molecule has 1 aromatic rings. The van der Waals surface area contributed by atoms with Gasteiger partial charge in [-0.3, -0.25) is 9.59 Å². The zero-order valence-electron chi connectivity index (χ0n) is 14.3. The van der Waals surface area contributed by atoms with Gasteiger partial charge in [-0.05, 0) is 44.5 Å². The highest BCUT2D eigenvalue weighted by molar-refractivity contribution is 5.94. The van der Waals surface area contributed by atoms with Gasteiger partial charge in [0.1, 0.15) is 17.3 Å². The Hall–Kier alpha value is -2.28. The van der Waals surface area contributed by atoms with E-state index in [0.29, 0.717) is 13.1 Å². The van der Waals surface area contributed by atoms with Gasteiger partial charge in [0.15, 0.2) is 0 Å². The number of nitrogens with zero attached hydrogens (tertiary/aromatic N) is 1. The number of aliphatic hydroxyl groups excluding tert-OH is 1. The molecule has 0 saturated carbocycles. The largest absolute Gasteiger partial charge is 0.497 e. The molecule has 1 saturated heterocycles. The van der Waals surface area contributed by atoms with Gasteiger partial charge in [-0.1, -0.05) is 0 Å². The first kappa shape index (κ1) is 18.1. The van der Waals surface area contributed by atoms with Gasteiger partial charge in [0, 0.05) is 25.4 Å². The zero-order valence-corrected chi connectivity index (χ0v) is 14.3. The van der Waals surface area contributed by atoms with Crippen LogP contribution in [0.1, 0.15) is 20.3 Å². The predicted molar refractivity (Wildman–Crippen MR) is 90.9 cm³/mol. The molecule has 132 valence electrons. The lowest BCUT2D eigenvalue weighted by Crippen LogP contribution is -2.62. The number of ether oxygens (including phenoxy) is 1. The van der Waals surface area contributed by atoms with Gasteiger partial charge in [-0.15, -0.1) is 0 Å². The molecule has 0 aliphatic carbocycles. The van der Waals surface area contributed by atoms with E-state index in [4.69, 9.17) is 4.74 Å². The van der Waals surface area contributed by atoms with Crippen LogP contribution in [0.3, 0.4) is 0 Å². The summed E-state index contributed by atoms with van der Waals surface area (Å²) in [5.41, 5.74) is -0.103. The summed E-state index contributed by atoms with van der Waals surface area (Å²) in [6.07, 6.45) is 0.232. The van der Waals surface area contributed by atoms with E-state index in [-0.39, 0.29) is 24.8 Å². The smallest absolute Gasteiger partial charge is 0.248 e. The van der Waals surface area contributed by atoms with Crippen molar-refractivity contribution in [3.05, 3.63) is 24.3 Å². The van der Waals surface area contributed by atoms with Crippen molar-refractivity contribution in [1.29, 1.82) is 0 Å². The summed E-state index contributed by atoms with van der Waals surface area (Å²) in [7, 11) is 1.60. The highest BCUT2D eigenvalue weighted by Gasteiger charge is 2.39. The molecule has 3 N–H and O–H groups in total. The molecular formula is C17H25N3O4. The van der Waals surface area contributed by atoms with Crippen LogP contribution in [0.5, 0.6) is 5.75 Å². The molecule has 1 aliphatic rings. The maximum absolute atomic E-state index is 13.0. The minimum absolute atomic E-state index is 0.145. The van der Waals surface area contributed by atoms with Gasteiger partial charge in [-0.2, -0.15) is 0 Å². The maximum atomic E-state index is 13.0. The van der Waals surface area contributed by atoms with Crippen molar-refractivity contribution in [1.82, 2.24) is 10.2 Å². The van der Waals surface area contributed by atoms with Crippen molar-refractivity contribution in [2.45, 2.75) is 31.8 Å². The number of benzene rings is 1. The van der Waals surface area contributed by atoms with Crippen molar-refractivity contribution in [3.8, 4) is 5.75 Å². The summed E-state index contributed by atoms with van der Waals surface area (Å²) in [6.45, 7) is 4.27. The Morgan fingerprint density at radius 1 is 1.42 bits per heavy atom. The Bertz CT molecular complexity index is 586. The Morgan fingerprint density at radius 3 is 2.67 bits per heavy atom. The molecule has 1 aliphatic heterocycles. The van der Waals surface area contributed by atoms with Crippen molar-refractivity contribution in [3.63, 3.8) is 0 Å². The molecule has 0 radical (unpaired) electrons. The van der Waals surface area contributed by atoms with Crippen LogP contribution in [0, 0.1) is 0 Å². The van der Waals surface area contributed by atoms with Gasteiger partial charge in [0.05, 0.1) is 7.11 Å². The minimum Gasteiger partial charge on any atom is -0.497 e. The molecule has 0 spiro atoms. The predicted octanol–water partition coefficient (Wildman–Crippen LogP) is 0.595. The monoisotopic (exact) mass is 335 g/mol. The molecule has 1 heterocycles. The second-order valence-electron chi connectivity index (χ2n) is 6.30. The van der Waals surface area contributed by atoms with Gasteiger partial charge in [0.2, 0.25) is 11.8 Å². The van der Waals surface area contributed by atoms with E-state index < -0.39 is 11.6 Å². The van der Waals surface area contributed by atoms with E-state index in [2.05, 4.69) is 10.6 Å². The first-order valence-electron chi connectivity index (χ1n) is 8.01. The molecule has 7 nitrogen and oxygen atoms in total. The van der Waals surface area contributed by atoms with Crippen LogP contribution in [-0.2, 0) is 9.59 Å². The van der Waals surface area contributed by atoms with Gasteiger partial charge in [-0.25, -0.2) is 0 Å². The van der Waals surface area contributed by atoms with Crippen LogP contribution < -0.4 is 15.4 Å². The average molecular weight is 335 g/mol. The van der Waals surface area contributed by atoms with Crippen molar-refractivity contribution < 1.29 is 19.4 Å². The maximum Gasteiger partial charge on any atom is 0.248 e. The average Bonchev–Trinajstić information content (AvgIpc) is 2.56. The van der Waals surface area contributed by atoms with E-state index >= 15 is 0 Å². The van der Waals surface area contributed by atoms with Crippen molar-refractivity contribution in [2.24, 2.45) is 0 Å². The Labute approximate surface area is 142 Å². The summed E-state index contributed by atoms with van der Waals surface area (Å²) in [5, 5.41) is 15.1. The topological polar surface area (TPSA) is 90.9 Å². The van der Waals surface area contributed by atoms with Crippen LogP contribution >= 0.6 is 0 Å². The van der Waals surface area contributed by atoms with E-state index in [9.17, 15) is 14.7 Å². The highest BCUT2D eigenvalue weighted by atomic mass is 16.5. The first-order chi connectivity index (χ1) is 11.4. The Morgan fingerprint density at radius 2 is 2.08 bits per heavy atom. The van der Waals surface area contributed by atoms with Crippen molar-refractivity contribution in [2.75, 3.05) is 32.1 Å². The standard InChI is InChI=1S/C17H25N3O4/c1-17(2,19-12-4-6-13(24-3)7-5-12)16(23)20-10-9-18-15(22)14(20)8-11-21/h4-7,14,19,21H,8-11H2,1-3H3,(H,18,22). The molecule has 2 rings (SSSR count). The molecule has 7 heteroatoms. The Balaban J connectivity index is 2.13. The summed E-state index contributed by atoms with van der Waals surface area (Å²) in [6, 6.07) is 6.66. The molecular weight excluding hydrogens is 310 g/mol. The normalized spacial score (nSPS) is 18.1. The highest BCUT2D eigenvalue weighted by Crippen LogP contribution is 2.22. The van der Waals surface area contributed by atoms with Crippen LogP contribution in [0.2, 0.25) is 0 Å². The third-order valence-corrected chi connectivity index (χ3v) is 4.08. The number of rotatable bonds is 6. The second kappa shape index (κ2) is 7.53. The van der Waals surface area contributed by atoms with Crippen LogP contribution in [-0.4, -0.2) is 60.2 Å². The fraction of sp³-hybridized carbons (Fsp3) is 0.529. The van der Waals surface area contributed by atoms with Crippen LogP contribution in [0.15, 0.2) is 24.3 Å². The fourth-order valence-corrected chi connectivity index (χ4v) is 2.81.